The van der Waals surface area contributed by atoms with Crippen LogP contribution in [0, 0.1) is 0 Å². The molecule has 0 aliphatic rings. The van der Waals surface area contributed by atoms with Crippen molar-refractivity contribution in [3.8, 4) is 0 Å². The van der Waals surface area contributed by atoms with E-state index < -0.39 is 0 Å². The number of hydrogen-bond acceptors (Lipinski definition) is 2. The number of nitrogens with zero attached hydrogens (tertiary/aromatic N) is 3. The summed E-state index contributed by atoms with van der Waals surface area (Å²) in [5, 5.41) is 8.38. The Kier molecular flexibility index (Phi) is 3.27. The zero-order valence-corrected chi connectivity index (χ0v) is 10.7. The molecular formula is C14H19N3. The maximum Gasteiger partial charge on any atom is 0.0830 e. The highest BCUT2D eigenvalue weighted by Crippen LogP contribution is 2.12. The molecule has 90 valence electrons. The molecule has 1 heterocycles. The minimum Gasteiger partial charge on any atom is -0.247 e. The zero-order chi connectivity index (χ0) is 12.3. The second kappa shape index (κ2) is 4.70. The third kappa shape index (κ3) is 3.16. The van der Waals surface area contributed by atoms with Crippen LogP contribution in [0.3, 0.4) is 0 Å². The first-order valence-electron chi connectivity index (χ1n) is 6.01. The molecule has 0 bridgehead atoms. The van der Waals surface area contributed by atoms with Crippen LogP contribution >= 0.6 is 0 Å². The van der Waals surface area contributed by atoms with Gasteiger partial charge in [0.15, 0.2) is 0 Å². The van der Waals surface area contributed by atoms with Crippen LogP contribution in [-0.2, 0) is 18.4 Å². The van der Waals surface area contributed by atoms with E-state index in [1.54, 1.807) is 0 Å². The van der Waals surface area contributed by atoms with Gasteiger partial charge in [-0.3, -0.25) is 0 Å². The summed E-state index contributed by atoms with van der Waals surface area (Å²) in [4.78, 5) is 0. The van der Waals surface area contributed by atoms with Crippen molar-refractivity contribution in [2.75, 3.05) is 0 Å². The number of benzene rings is 1. The maximum absolute atomic E-state index is 4.21. The fourth-order valence-electron chi connectivity index (χ4n) is 1.66. The predicted octanol–water partition coefficient (Wildman–Crippen LogP) is 2.82. The van der Waals surface area contributed by atoms with Crippen molar-refractivity contribution in [3.63, 3.8) is 0 Å². The van der Waals surface area contributed by atoms with Crippen LogP contribution in [-0.4, -0.2) is 15.0 Å². The lowest BCUT2D eigenvalue weighted by atomic mass is 10.1. The molecule has 0 saturated carbocycles. The monoisotopic (exact) mass is 229 g/mol. The van der Waals surface area contributed by atoms with Crippen LogP contribution in [0.2, 0.25) is 0 Å². The summed E-state index contributed by atoms with van der Waals surface area (Å²) in [6, 6.07) is 10.5. The van der Waals surface area contributed by atoms with Crippen molar-refractivity contribution in [2.24, 2.45) is 0 Å². The highest BCUT2D eigenvalue weighted by molar-refractivity contribution is 5.15. The van der Waals surface area contributed by atoms with E-state index in [1.807, 2.05) is 16.9 Å². The van der Waals surface area contributed by atoms with Crippen molar-refractivity contribution in [1.29, 1.82) is 0 Å². The van der Waals surface area contributed by atoms with E-state index in [2.05, 4.69) is 55.3 Å². The molecule has 0 fully saturated rings. The van der Waals surface area contributed by atoms with Crippen molar-refractivity contribution >= 4 is 0 Å². The summed E-state index contributed by atoms with van der Waals surface area (Å²) in [6.07, 6.45) is 4.01. The lowest BCUT2D eigenvalue weighted by Crippen LogP contribution is -2.22. The Bertz CT molecular complexity index is 466. The van der Waals surface area contributed by atoms with E-state index in [0.717, 1.165) is 18.5 Å². The molecule has 0 atom stereocenters. The fraction of sp³-hybridized carbons (Fsp3) is 0.429. The largest absolute Gasteiger partial charge is 0.247 e. The standard InChI is InChI=1S/C14H19N3/c1-14(2,3)17-11-13(15-16-17)10-9-12-7-5-4-6-8-12/h4-8,11H,9-10H2,1-3H3. The molecule has 3 nitrogen and oxygen atoms in total. The second-order valence-electron chi connectivity index (χ2n) is 5.31. The first-order chi connectivity index (χ1) is 8.05. The van der Waals surface area contributed by atoms with Gasteiger partial charge < -0.3 is 0 Å². The van der Waals surface area contributed by atoms with E-state index in [1.165, 1.54) is 5.56 Å². The number of aromatic nitrogens is 3. The van der Waals surface area contributed by atoms with Gasteiger partial charge in [0.25, 0.3) is 0 Å². The number of rotatable bonds is 3. The highest BCUT2D eigenvalue weighted by atomic mass is 15.4. The van der Waals surface area contributed by atoms with Gasteiger partial charge in [0.05, 0.1) is 11.2 Å². The first kappa shape index (κ1) is 11.8. The molecule has 0 amide bonds. The molecule has 3 heteroatoms. The fourth-order valence-corrected chi connectivity index (χ4v) is 1.66. The van der Waals surface area contributed by atoms with E-state index in [-0.39, 0.29) is 5.54 Å². The van der Waals surface area contributed by atoms with Crippen LogP contribution in [0.4, 0.5) is 0 Å². The normalized spacial score (nSPS) is 11.7. The Morgan fingerprint density at radius 1 is 1.06 bits per heavy atom. The lowest BCUT2D eigenvalue weighted by molar-refractivity contribution is 0.347. The summed E-state index contributed by atoms with van der Waals surface area (Å²) in [5.41, 5.74) is 2.42. The molecule has 0 aliphatic heterocycles. The van der Waals surface area contributed by atoms with Gasteiger partial charge in [-0.1, -0.05) is 35.5 Å². The lowest BCUT2D eigenvalue weighted by Gasteiger charge is -2.17. The Morgan fingerprint density at radius 3 is 2.35 bits per heavy atom. The van der Waals surface area contributed by atoms with Crippen LogP contribution in [0.1, 0.15) is 32.0 Å². The average Bonchev–Trinajstić information content (AvgIpc) is 2.76. The first-order valence-corrected chi connectivity index (χ1v) is 6.01. The van der Waals surface area contributed by atoms with E-state index >= 15 is 0 Å². The highest BCUT2D eigenvalue weighted by Gasteiger charge is 2.14. The Morgan fingerprint density at radius 2 is 1.76 bits per heavy atom. The molecule has 17 heavy (non-hydrogen) atoms. The predicted molar refractivity (Wildman–Crippen MR) is 68.9 cm³/mol. The summed E-state index contributed by atoms with van der Waals surface area (Å²) < 4.78 is 1.92. The van der Waals surface area contributed by atoms with Gasteiger partial charge >= 0.3 is 0 Å². The van der Waals surface area contributed by atoms with Crippen LogP contribution in [0.5, 0.6) is 0 Å². The van der Waals surface area contributed by atoms with Gasteiger partial charge in [-0.15, -0.1) is 5.10 Å². The van der Waals surface area contributed by atoms with E-state index in [0.29, 0.717) is 0 Å². The smallest absolute Gasteiger partial charge is 0.0830 e. The third-order valence-electron chi connectivity index (χ3n) is 2.74. The number of aryl methyl sites for hydroxylation is 2. The van der Waals surface area contributed by atoms with Crippen LogP contribution in [0.25, 0.3) is 0 Å². The second-order valence-corrected chi connectivity index (χ2v) is 5.31. The van der Waals surface area contributed by atoms with Crippen molar-refractivity contribution < 1.29 is 0 Å². The summed E-state index contributed by atoms with van der Waals surface area (Å²) in [5.74, 6) is 0. The molecule has 0 aliphatic carbocycles. The van der Waals surface area contributed by atoms with Gasteiger partial charge in [-0.05, 0) is 39.2 Å². The molecule has 1 aromatic heterocycles. The molecule has 2 rings (SSSR count). The average molecular weight is 229 g/mol. The maximum atomic E-state index is 4.21. The zero-order valence-electron chi connectivity index (χ0n) is 10.7. The third-order valence-corrected chi connectivity index (χ3v) is 2.74. The Balaban J connectivity index is 1.99. The molecule has 1 aromatic carbocycles. The van der Waals surface area contributed by atoms with E-state index in [4.69, 9.17) is 0 Å². The number of hydrogen-bond donors (Lipinski definition) is 0. The van der Waals surface area contributed by atoms with Gasteiger partial charge in [0, 0.05) is 6.20 Å². The molecular weight excluding hydrogens is 210 g/mol. The Hall–Kier alpha value is -1.64. The van der Waals surface area contributed by atoms with Crippen molar-refractivity contribution in [1.82, 2.24) is 15.0 Å². The van der Waals surface area contributed by atoms with Crippen LogP contribution in [0.15, 0.2) is 36.5 Å². The quantitative estimate of drug-likeness (QED) is 0.810. The van der Waals surface area contributed by atoms with Gasteiger partial charge in [0.2, 0.25) is 0 Å². The van der Waals surface area contributed by atoms with Crippen molar-refractivity contribution in [2.45, 2.75) is 39.2 Å². The van der Waals surface area contributed by atoms with Crippen molar-refractivity contribution in [3.05, 3.63) is 47.8 Å². The summed E-state index contributed by atoms with van der Waals surface area (Å²) >= 11 is 0. The molecule has 0 unspecified atom stereocenters. The summed E-state index contributed by atoms with van der Waals surface area (Å²) in [7, 11) is 0. The summed E-state index contributed by atoms with van der Waals surface area (Å²) in [6.45, 7) is 6.38. The van der Waals surface area contributed by atoms with Crippen LogP contribution < -0.4 is 0 Å². The topological polar surface area (TPSA) is 30.7 Å². The minimum absolute atomic E-state index is 0.0119. The van der Waals surface area contributed by atoms with E-state index in [9.17, 15) is 0 Å². The molecule has 0 radical (unpaired) electrons. The Labute approximate surface area is 102 Å². The molecule has 0 N–H and O–H groups in total. The molecule has 0 saturated heterocycles. The van der Waals surface area contributed by atoms with Gasteiger partial charge in [-0.2, -0.15) is 0 Å². The van der Waals surface area contributed by atoms with Gasteiger partial charge in [-0.25, -0.2) is 4.68 Å². The SMILES string of the molecule is CC(C)(C)n1cc(CCc2ccccc2)nn1. The minimum atomic E-state index is 0.0119. The van der Waals surface area contributed by atoms with Gasteiger partial charge in [0.1, 0.15) is 0 Å². The molecule has 2 aromatic rings. The molecule has 0 spiro atoms.